The van der Waals surface area contributed by atoms with Crippen LogP contribution in [-0.2, 0) is 6.42 Å². The molecule has 0 saturated heterocycles. The molecule has 2 aromatic rings. The Kier molecular flexibility index (Phi) is 3.43. The van der Waals surface area contributed by atoms with E-state index in [-0.39, 0.29) is 18.0 Å². The van der Waals surface area contributed by atoms with Gasteiger partial charge in [0.2, 0.25) is 0 Å². The van der Waals surface area contributed by atoms with Gasteiger partial charge >= 0.3 is 0 Å². The number of carbonyl (C=O) groups excluding carboxylic acids is 1. The number of benzene rings is 1. The van der Waals surface area contributed by atoms with Crippen LogP contribution in [0.4, 0.5) is 4.39 Å². The molecule has 0 aliphatic carbocycles. The molecule has 1 heterocycles. The third-order valence-electron chi connectivity index (χ3n) is 2.52. The second kappa shape index (κ2) is 4.84. The van der Waals surface area contributed by atoms with Crippen molar-refractivity contribution in [3.63, 3.8) is 0 Å². The fraction of sp³-hybridized carbons (Fsp3) is 0.154. The SMILES string of the molecule is Cc1occc1C(=O)Cc1cc(F)ccc1Br. The van der Waals surface area contributed by atoms with Crippen LogP contribution in [0.25, 0.3) is 0 Å². The van der Waals surface area contributed by atoms with Gasteiger partial charge in [-0.1, -0.05) is 15.9 Å². The largest absolute Gasteiger partial charge is 0.469 e. The van der Waals surface area contributed by atoms with E-state index in [1.807, 2.05) is 0 Å². The van der Waals surface area contributed by atoms with Crippen LogP contribution in [-0.4, -0.2) is 5.78 Å². The van der Waals surface area contributed by atoms with Crippen LogP contribution in [0.3, 0.4) is 0 Å². The van der Waals surface area contributed by atoms with Crippen LogP contribution < -0.4 is 0 Å². The third kappa shape index (κ3) is 2.64. The number of ketones is 1. The summed E-state index contributed by atoms with van der Waals surface area (Å²) in [5.74, 6) is 0.157. The average Bonchev–Trinajstić information content (AvgIpc) is 2.70. The first-order valence-electron chi connectivity index (χ1n) is 5.09. The molecule has 0 radical (unpaired) electrons. The van der Waals surface area contributed by atoms with Crippen molar-refractivity contribution in [3.8, 4) is 0 Å². The van der Waals surface area contributed by atoms with Crippen molar-refractivity contribution in [2.24, 2.45) is 0 Å². The minimum atomic E-state index is -0.347. The number of rotatable bonds is 3. The maximum Gasteiger partial charge on any atom is 0.170 e. The molecule has 1 aromatic heterocycles. The lowest BCUT2D eigenvalue weighted by atomic mass is 10.0. The Morgan fingerprint density at radius 1 is 1.41 bits per heavy atom. The van der Waals surface area contributed by atoms with Gasteiger partial charge in [0, 0.05) is 10.9 Å². The molecule has 0 atom stereocenters. The van der Waals surface area contributed by atoms with E-state index in [1.54, 1.807) is 19.1 Å². The van der Waals surface area contributed by atoms with Crippen LogP contribution >= 0.6 is 15.9 Å². The van der Waals surface area contributed by atoms with Gasteiger partial charge in [0.1, 0.15) is 11.6 Å². The van der Waals surface area contributed by atoms with Gasteiger partial charge in [-0.2, -0.15) is 0 Å². The molecule has 17 heavy (non-hydrogen) atoms. The first-order chi connectivity index (χ1) is 8.08. The van der Waals surface area contributed by atoms with Gasteiger partial charge in [-0.3, -0.25) is 4.79 Å². The molecule has 0 unspecified atom stereocenters. The van der Waals surface area contributed by atoms with E-state index in [9.17, 15) is 9.18 Å². The summed E-state index contributed by atoms with van der Waals surface area (Å²) >= 11 is 3.30. The molecule has 0 bridgehead atoms. The number of furan rings is 1. The zero-order valence-electron chi connectivity index (χ0n) is 9.17. The highest BCUT2D eigenvalue weighted by Crippen LogP contribution is 2.21. The Labute approximate surface area is 107 Å². The molecule has 0 fully saturated rings. The molecule has 0 aliphatic heterocycles. The normalized spacial score (nSPS) is 10.5. The monoisotopic (exact) mass is 296 g/mol. The Morgan fingerprint density at radius 2 is 2.18 bits per heavy atom. The van der Waals surface area contributed by atoms with Crippen molar-refractivity contribution >= 4 is 21.7 Å². The fourth-order valence-electron chi connectivity index (χ4n) is 1.62. The highest BCUT2D eigenvalue weighted by Gasteiger charge is 2.14. The molecule has 0 saturated carbocycles. The lowest BCUT2D eigenvalue weighted by Crippen LogP contribution is -2.04. The summed E-state index contributed by atoms with van der Waals surface area (Å²) < 4.78 is 18.9. The standard InChI is InChI=1S/C13H10BrFO2/c1-8-11(4-5-17-8)13(16)7-9-6-10(15)2-3-12(9)14/h2-6H,7H2,1H3. The molecule has 4 heteroatoms. The van der Waals surface area contributed by atoms with Crippen molar-refractivity contribution < 1.29 is 13.6 Å². The summed E-state index contributed by atoms with van der Waals surface area (Å²) in [5.41, 5.74) is 1.18. The summed E-state index contributed by atoms with van der Waals surface area (Å²) in [6, 6.07) is 5.93. The molecular formula is C13H10BrFO2. The summed E-state index contributed by atoms with van der Waals surface area (Å²) in [4.78, 5) is 12.0. The molecule has 1 aromatic carbocycles. The maximum atomic E-state index is 13.1. The van der Waals surface area contributed by atoms with E-state index in [1.165, 1.54) is 18.4 Å². The van der Waals surface area contributed by atoms with Gasteiger partial charge in [0.05, 0.1) is 11.8 Å². The zero-order chi connectivity index (χ0) is 12.4. The van der Waals surface area contributed by atoms with Crippen molar-refractivity contribution in [3.05, 3.63) is 57.7 Å². The van der Waals surface area contributed by atoms with Gasteiger partial charge in [-0.25, -0.2) is 4.39 Å². The third-order valence-corrected chi connectivity index (χ3v) is 3.29. The smallest absolute Gasteiger partial charge is 0.170 e. The highest BCUT2D eigenvalue weighted by atomic mass is 79.9. The maximum absolute atomic E-state index is 13.1. The molecule has 0 spiro atoms. The molecule has 0 amide bonds. The van der Waals surface area contributed by atoms with Crippen molar-refractivity contribution in [1.29, 1.82) is 0 Å². The predicted molar refractivity (Wildman–Crippen MR) is 65.6 cm³/mol. The summed E-state index contributed by atoms with van der Waals surface area (Å²) in [5, 5.41) is 0. The van der Waals surface area contributed by atoms with Crippen molar-refractivity contribution in [1.82, 2.24) is 0 Å². The minimum Gasteiger partial charge on any atom is -0.469 e. The van der Waals surface area contributed by atoms with Crippen molar-refractivity contribution in [2.75, 3.05) is 0 Å². The Bertz CT molecular complexity index is 560. The van der Waals surface area contributed by atoms with Gasteiger partial charge < -0.3 is 4.42 Å². The van der Waals surface area contributed by atoms with Gasteiger partial charge in [-0.05, 0) is 36.8 Å². The Morgan fingerprint density at radius 3 is 2.82 bits per heavy atom. The van der Waals surface area contributed by atoms with Crippen LogP contribution in [0.5, 0.6) is 0 Å². The van der Waals surface area contributed by atoms with Gasteiger partial charge in [0.15, 0.2) is 5.78 Å². The van der Waals surface area contributed by atoms with E-state index < -0.39 is 0 Å². The average molecular weight is 297 g/mol. The Balaban J connectivity index is 2.24. The van der Waals surface area contributed by atoms with E-state index >= 15 is 0 Å². The molecule has 88 valence electrons. The molecule has 0 aliphatic rings. The molecule has 0 N–H and O–H groups in total. The fourth-order valence-corrected chi connectivity index (χ4v) is 2.01. The lowest BCUT2D eigenvalue weighted by Gasteiger charge is -2.03. The van der Waals surface area contributed by atoms with Gasteiger partial charge in [0.25, 0.3) is 0 Å². The number of carbonyl (C=O) groups is 1. The van der Waals surface area contributed by atoms with E-state index in [0.29, 0.717) is 16.9 Å². The number of halogens is 2. The van der Waals surface area contributed by atoms with E-state index in [4.69, 9.17) is 4.42 Å². The van der Waals surface area contributed by atoms with Crippen LogP contribution in [0.1, 0.15) is 21.7 Å². The zero-order valence-corrected chi connectivity index (χ0v) is 10.8. The molecular weight excluding hydrogens is 287 g/mol. The lowest BCUT2D eigenvalue weighted by molar-refractivity contribution is 0.0991. The number of aryl methyl sites for hydroxylation is 1. The summed E-state index contributed by atoms with van der Waals surface area (Å²) in [6.07, 6.45) is 1.63. The quantitative estimate of drug-likeness (QED) is 0.804. The molecule has 2 nitrogen and oxygen atoms in total. The number of hydrogen-bond acceptors (Lipinski definition) is 2. The second-order valence-corrected chi connectivity index (χ2v) is 4.58. The summed E-state index contributed by atoms with van der Waals surface area (Å²) in [6.45, 7) is 1.73. The van der Waals surface area contributed by atoms with E-state index in [2.05, 4.69) is 15.9 Å². The first-order valence-corrected chi connectivity index (χ1v) is 5.88. The van der Waals surface area contributed by atoms with Crippen molar-refractivity contribution in [2.45, 2.75) is 13.3 Å². The minimum absolute atomic E-state index is 0.0810. The highest BCUT2D eigenvalue weighted by molar-refractivity contribution is 9.10. The van der Waals surface area contributed by atoms with E-state index in [0.717, 1.165) is 4.47 Å². The van der Waals surface area contributed by atoms with Crippen LogP contribution in [0, 0.1) is 12.7 Å². The topological polar surface area (TPSA) is 30.2 Å². The predicted octanol–water partition coefficient (Wildman–Crippen LogP) is 3.92. The van der Waals surface area contributed by atoms with Crippen LogP contribution in [0.2, 0.25) is 0 Å². The Hall–Kier alpha value is -1.42. The molecule has 2 rings (SSSR count). The number of Topliss-reactive ketones (excluding diaryl/α,β-unsaturated/α-hetero) is 1. The van der Waals surface area contributed by atoms with Crippen LogP contribution in [0.15, 0.2) is 39.4 Å². The number of hydrogen-bond donors (Lipinski definition) is 0. The van der Waals surface area contributed by atoms with Gasteiger partial charge in [-0.15, -0.1) is 0 Å². The summed E-state index contributed by atoms with van der Waals surface area (Å²) in [7, 11) is 0. The first kappa shape index (κ1) is 12.0. The second-order valence-electron chi connectivity index (χ2n) is 3.73.